The van der Waals surface area contributed by atoms with Gasteiger partial charge in [-0.15, -0.1) is 11.3 Å². The van der Waals surface area contributed by atoms with Crippen molar-refractivity contribution in [1.29, 1.82) is 0 Å². The highest BCUT2D eigenvalue weighted by molar-refractivity contribution is 7.25. The Hall–Kier alpha value is -3.19. The number of benzene rings is 2. The van der Waals surface area contributed by atoms with Crippen molar-refractivity contribution in [3.05, 3.63) is 65.2 Å². The van der Waals surface area contributed by atoms with Gasteiger partial charge in [0.2, 0.25) is 5.91 Å². The van der Waals surface area contributed by atoms with Gasteiger partial charge < -0.3 is 10.1 Å². The van der Waals surface area contributed by atoms with Gasteiger partial charge in [-0.05, 0) is 30.3 Å². The second-order valence-electron chi connectivity index (χ2n) is 5.73. The smallest absolute Gasteiger partial charge is 0.271 e. The van der Waals surface area contributed by atoms with Crippen LogP contribution in [0, 0.1) is 0 Å². The van der Waals surface area contributed by atoms with Gasteiger partial charge in [0.25, 0.3) is 5.56 Å². The fourth-order valence-corrected chi connectivity index (χ4v) is 3.86. The van der Waals surface area contributed by atoms with Crippen LogP contribution in [-0.4, -0.2) is 22.6 Å². The summed E-state index contributed by atoms with van der Waals surface area (Å²) in [5.74, 6) is 0.415. The predicted octanol–water partition coefficient (Wildman–Crippen LogP) is 3.26. The Balaban J connectivity index is 1.60. The molecule has 0 radical (unpaired) electrons. The van der Waals surface area contributed by atoms with E-state index in [0.717, 1.165) is 10.1 Å². The number of thiophene rings is 1. The van der Waals surface area contributed by atoms with Gasteiger partial charge in [0.05, 0.1) is 19.0 Å². The van der Waals surface area contributed by atoms with Crippen LogP contribution >= 0.6 is 11.3 Å². The van der Waals surface area contributed by atoms with Crippen LogP contribution in [-0.2, 0) is 11.3 Å². The maximum Gasteiger partial charge on any atom is 0.271 e. The molecule has 26 heavy (non-hydrogen) atoms. The Morgan fingerprint density at radius 1 is 1.19 bits per heavy atom. The first-order valence-electron chi connectivity index (χ1n) is 7.96. The number of carbonyl (C=O) groups is 1. The number of carbonyl (C=O) groups excluding carboxylic acids is 1. The molecule has 1 N–H and O–H groups in total. The molecular formula is C19H15N3O3S. The number of nitrogens with zero attached hydrogens (tertiary/aromatic N) is 2. The average molecular weight is 365 g/mol. The summed E-state index contributed by atoms with van der Waals surface area (Å²) in [5.41, 5.74) is 1.11. The van der Waals surface area contributed by atoms with Crippen molar-refractivity contribution in [2.24, 2.45) is 0 Å². The van der Waals surface area contributed by atoms with E-state index in [-0.39, 0.29) is 18.0 Å². The van der Waals surface area contributed by atoms with Gasteiger partial charge in [-0.1, -0.05) is 18.2 Å². The van der Waals surface area contributed by atoms with E-state index < -0.39 is 0 Å². The van der Waals surface area contributed by atoms with Crippen LogP contribution < -0.4 is 15.6 Å². The lowest BCUT2D eigenvalue weighted by atomic mass is 10.2. The molecule has 0 bridgehead atoms. The topological polar surface area (TPSA) is 73.2 Å². The molecule has 0 spiro atoms. The van der Waals surface area contributed by atoms with Crippen LogP contribution in [0.1, 0.15) is 0 Å². The van der Waals surface area contributed by atoms with E-state index >= 15 is 0 Å². The van der Waals surface area contributed by atoms with E-state index in [1.807, 2.05) is 24.3 Å². The summed E-state index contributed by atoms with van der Waals surface area (Å²) in [7, 11) is 1.58. The molecule has 0 atom stereocenters. The van der Waals surface area contributed by atoms with E-state index in [2.05, 4.69) is 10.3 Å². The highest BCUT2D eigenvalue weighted by atomic mass is 32.1. The van der Waals surface area contributed by atoms with Crippen LogP contribution in [0.3, 0.4) is 0 Å². The van der Waals surface area contributed by atoms with Crippen LogP contribution in [0.5, 0.6) is 5.75 Å². The number of rotatable bonds is 4. The van der Waals surface area contributed by atoms with Crippen LogP contribution in [0.2, 0.25) is 0 Å². The average Bonchev–Trinajstić information content (AvgIpc) is 3.04. The van der Waals surface area contributed by atoms with Crippen molar-refractivity contribution in [2.45, 2.75) is 6.54 Å². The second-order valence-corrected chi connectivity index (χ2v) is 6.78. The minimum absolute atomic E-state index is 0.0952. The SMILES string of the molecule is COc1ccc(NC(=O)Cn2cnc3c(sc4ccccc43)c2=O)cc1. The largest absolute Gasteiger partial charge is 0.497 e. The third-order valence-electron chi connectivity index (χ3n) is 4.04. The molecule has 0 fully saturated rings. The highest BCUT2D eigenvalue weighted by Crippen LogP contribution is 2.29. The maximum atomic E-state index is 12.7. The summed E-state index contributed by atoms with van der Waals surface area (Å²) in [5, 5.41) is 3.72. The van der Waals surface area contributed by atoms with Gasteiger partial charge in [-0.25, -0.2) is 4.98 Å². The summed E-state index contributed by atoms with van der Waals surface area (Å²) in [6.07, 6.45) is 1.43. The number of hydrogen-bond donors (Lipinski definition) is 1. The summed E-state index contributed by atoms with van der Waals surface area (Å²) < 4.78 is 7.98. The van der Waals surface area contributed by atoms with Gasteiger partial charge in [-0.3, -0.25) is 14.2 Å². The van der Waals surface area contributed by atoms with E-state index in [1.165, 1.54) is 22.2 Å². The minimum atomic E-state index is -0.292. The fraction of sp³-hybridized carbons (Fsp3) is 0.105. The van der Waals surface area contributed by atoms with Gasteiger partial charge in [-0.2, -0.15) is 0 Å². The number of methoxy groups -OCH3 is 1. The van der Waals surface area contributed by atoms with E-state index in [1.54, 1.807) is 31.4 Å². The maximum absolute atomic E-state index is 12.7. The predicted molar refractivity (Wildman–Crippen MR) is 103 cm³/mol. The molecule has 2 aromatic carbocycles. The quantitative estimate of drug-likeness (QED) is 0.602. The van der Waals surface area contributed by atoms with Gasteiger partial charge in [0, 0.05) is 15.8 Å². The molecule has 2 heterocycles. The molecule has 0 saturated heterocycles. The molecule has 4 aromatic rings. The van der Waals surface area contributed by atoms with Crippen LogP contribution in [0.25, 0.3) is 20.3 Å². The lowest BCUT2D eigenvalue weighted by Gasteiger charge is -2.08. The molecule has 7 heteroatoms. The Morgan fingerprint density at radius 2 is 1.96 bits per heavy atom. The zero-order valence-corrected chi connectivity index (χ0v) is 14.7. The van der Waals surface area contributed by atoms with Gasteiger partial charge >= 0.3 is 0 Å². The van der Waals surface area contributed by atoms with Gasteiger partial charge in [0.1, 0.15) is 17.0 Å². The van der Waals surface area contributed by atoms with Crippen molar-refractivity contribution in [3.8, 4) is 5.75 Å². The normalized spacial score (nSPS) is 11.0. The van der Waals surface area contributed by atoms with Gasteiger partial charge in [0.15, 0.2) is 0 Å². The second kappa shape index (κ2) is 6.61. The van der Waals surface area contributed by atoms with Crippen molar-refractivity contribution in [1.82, 2.24) is 9.55 Å². The first kappa shape index (κ1) is 16.3. The lowest BCUT2D eigenvalue weighted by Crippen LogP contribution is -2.27. The van der Waals surface area contributed by atoms with Crippen LogP contribution in [0.4, 0.5) is 5.69 Å². The molecule has 0 saturated carbocycles. The monoisotopic (exact) mass is 365 g/mol. The molecule has 0 aliphatic carbocycles. The van der Waals surface area contributed by atoms with E-state index in [4.69, 9.17) is 4.74 Å². The molecule has 0 aliphatic rings. The van der Waals surface area contributed by atoms with Crippen molar-refractivity contribution < 1.29 is 9.53 Å². The van der Waals surface area contributed by atoms with Crippen LogP contribution in [0.15, 0.2) is 59.7 Å². The van der Waals surface area contributed by atoms with E-state index in [9.17, 15) is 9.59 Å². The Bertz CT molecular complexity index is 1160. The molecule has 2 aromatic heterocycles. The number of hydrogen-bond acceptors (Lipinski definition) is 5. The van der Waals surface area contributed by atoms with Crippen molar-refractivity contribution in [3.63, 3.8) is 0 Å². The van der Waals surface area contributed by atoms with Crippen molar-refractivity contribution in [2.75, 3.05) is 12.4 Å². The van der Waals surface area contributed by atoms with Crippen molar-refractivity contribution >= 4 is 43.2 Å². The summed E-state index contributed by atoms with van der Waals surface area (Å²) in [6.45, 7) is -0.0952. The lowest BCUT2D eigenvalue weighted by molar-refractivity contribution is -0.116. The number of ether oxygens (including phenoxy) is 1. The molecule has 130 valence electrons. The first-order valence-corrected chi connectivity index (χ1v) is 8.78. The highest BCUT2D eigenvalue weighted by Gasteiger charge is 2.13. The standard InChI is InChI=1S/C19H15N3O3S/c1-25-13-8-6-12(7-9-13)21-16(23)10-22-11-20-17-14-4-2-3-5-15(14)26-18(17)19(22)24/h2-9,11H,10H2,1H3,(H,21,23). The molecule has 4 rings (SSSR count). The Labute approximate surface area is 152 Å². The number of nitrogens with one attached hydrogen (secondary N) is 1. The Morgan fingerprint density at radius 3 is 2.73 bits per heavy atom. The summed E-state index contributed by atoms with van der Waals surface area (Å²) in [4.78, 5) is 29.4. The van der Waals surface area contributed by atoms with E-state index in [0.29, 0.717) is 21.7 Å². The number of anilines is 1. The third kappa shape index (κ3) is 2.93. The molecule has 1 amide bonds. The third-order valence-corrected chi connectivity index (χ3v) is 5.19. The molecule has 0 aliphatic heterocycles. The number of amides is 1. The molecule has 0 unspecified atom stereocenters. The Kier molecular flexibility index (Phi) is 4.14. The first-order chi connectivity index (χ1) is 12.7. The summed E-state index contributed by atoms with van der Waals surface area (Å²) in [6, 6.07) is 14.8. The zero-order valence-electron chi connectivity index (χ0n) is 13.9. The summed E-state index contributed by atoms with van der Waals surface area (Å²) >= 11 is 1.40. The minimum Gasteiger partial charge on any atom is -0.497 e. The fourth-order valence-electron chi connectivity index (χ4n) is 2.76. The number of aromatic nitrogens is 2. The number of fused-ring (bicyclic) bond motifs is 3. The zero-order chi connectivity index (χ0) is 18.1. The molecular weight excluding hydrogens is 350 g/mol. The molecule has 6 nitrogen and oxygen atoms in total.